The van der Waals surface area contributed by atoms with Gasteiger partial charge in [-0.2, -0.15) is 0 Å². The first-order valence-corrected chi connectivity index (χ1v) is 7.79. The molecule has 0 bridgehead atoms. The van der Waals surface area contributed by atoms with Crippen LogP contribution in [0.25, 0.3) is 0 Å². The molecule has 104 valence electrons. The predicted octanol–water partition coefficient (Wildman–Crippen LogP) is 4.97. The maximum absolute atomic E-state index is 3.62. The standard InChI is InChI=1S/C18H27N/c1-12-5-6-17-15(8-12)16(11-19-17)14-7-13(2)9-18(3,4)10-14/h5-6,8,13-14,16,19H,7,9-11H2,1-4H3. The zero-order valence-electron chi connectivity index (χ0n) is 12.8. The van der Waals surface area contributed by atoms with Crippen LogP contribution in [0.5, 0.6) is 0 Å². The Bertz CT molecular complexity index is 475. The van der Waals surface area contributed by atoms with Crippen molar-refractivity contribution in [2.75, 3.05) is 11.9 Å². The van der Waals surface area contributed by atoms with E-state index >= 15 is 0 Å². The first kappa shape index (κ1) is 13.0. The molecular formula is C18H27N. The molecule has 1 N–H and O–H groups in total. The van der Waals surface area contributed by atoms with E-state index in [4.69, 9.17) is 0 Å². The van der Waals surface area contributed by atoms with Gasteiger partial charge in [-0.05, 0) is 55.1 Å². The summed E-state index contributed by atoms with van der Waals surface area (Å²) in [6.07, 6.45) is 4.19. The number of fused-ring (bicyclic) bond motifs is 1. The molecule has 1 aromatic rings. The molecule has 1 aromatic carbocycles. The van der Waals surface area contributed by atoms with Crippen molar-refractivity contribution in [1.29, 1.82) is 0 Å². The highest BCUT2D eigenvalue weighted by Crippen LogP contribution is 2.49. The van der Waals surface area contributed by atoms with Crippen molar-refractivity contribution in [3.05, 3.63) is 29.3 Å². The fraction of sp³-hybridized carbons (Fsp3) is 0.667. The average molecular weight is 257 g/mol. The van der Waals surface area contributed by atoms with Crippen LogP contribution in [0.15, 0.2) is 18.2 Å². The van der Waals surface area contributed by atoms with E-state index in [0.717, 1.165) is 24.3 Å². The van der Waals surface area contributed by atoms with Gasteiger partial charge >= 0.3 is 0 Å². The van der Waals surface area contributed by atoms with E-state index in [1.54, 1.807) is 5.56 Å². The lowest BCUT2D eigenvalue weighted by molar-refractivity contribution is 0.119. The van der Waals surface area contributed by atoms with Gasteiger partial charge in [-0.3, -0.25) is 0 Å². The van der Waals surface area contributed by atoms with Gasteiger partial charge < -0.3 is 5.32 Å². The molecule has 1 aliphatic carbocycles. The minimum atomic E-state index is 0.523. The summed E-state index contributed by atoms with van der Waals surface area (Å²) in [7, 11) is 0. The van der Waals surface area contributed by atoms with Crippen LogP contribution >= 0.6 is 0 Å². The predicted molar refractivity (Wildman–Crippen MR) is 82.7 cm³/mol. The summed E-state index contributed by atoms with van der Waals surface area (Å²) in [4.78, 5) is 0. The second-order valence-electron chi connectivity index (χ2n) is 7.75. The lowest BCUT2D eigenvalue weighted by Crippen LogP contribution is -2.31. The van der Waals surface area contributed by atoms with Crippen molar-refractivity contribution in [1.82, 2.24) is 0 Å². The molecule has 1 saturated carbocycles. The SMILES string of the molecule is Cc1ccc2c(c1)C(C1CC(C)CC(C)(C)C1)CN2. The van der Waals surface area contributed by atoms with Crippen LogP contribution in [0.1, 0.15) is 57.1 Å². The molecule has 0 radical (unpaired) electrons. The van der Waals surface area contributed by atoms with Crippen molar-refractivity contribution in [3.8, 4) is 0 Å². The quantitative estimate of drug-likeness (QED) is 0.749. The van der Waals surface area contributed by atoms with Crippen LogP contribution in [0.4, 0.5) is 5.69 Å². The molecule has 0 aromatic heterocycles. The van der Waals surface area contributed by atoms with Gasteiger partial charge in [0.1, 0.15) is 0 Å². The summed E-state index contributed by atoms with van der Waals surface area (Å²) in [6.45, 7) is 10.7. The Morgan fingerprint density at radius 2 is 2.00 bits per heavy atom. The topological polar surface area (TPSA) is 12.0 Å². The zero-order valence-corrected chi connectivity index (χ0v) is 12.8. The van der Waals surface area contributed by atoms with Crippen LogP contribution < -0.4 is 5.32 Å². The number of rotatable bonds is 1. The largest absolute Gasteiger partial charge is 0.384 e. The van der Waals surface area contributed by atoms with Crippen molar-refractivity contribution < 1.29 is 0 Å². The van der Waals surface area contributed by atoms with Gasteiger partial charge in [0.2, 0.25) is 0 Å². The highest BCUT2D eigenvalue weighted by Gasteiger charge is 2.38. The van der Waals surface area contributed by atoms with Gasteiger partial charge in [0.15, 0.2) is 0 Å². The van der Waals surface area contributed by atoms with Crippen LogP contribution in [0.3, 0.4) is 0 Å². The molecule has 1 nitrogen and oxygen atoms in total. The first-order chi connectivity index (χ1) is 8.94. The van der Waals surface area contributed by atoms with E-state index in [1.165, 1.54) is 30.5 Å². The Hall–Kier alpha value is -0.980. The third-order valence-corrected chi connectivity index (χ3v) is 5.11. The monoisotopic (exact) mass is 257 g/mol. The molecule has 1 aliphatic heterocycles. The summed E-state index contributed by atoms with van der Waals surface area (Å²) in [5.74, 6) is 2.47. The summed E-state index contributed by atoms with van der Waals surface area (Å²) >= 11 is 0. The summed E-state index contributed by atoms with van der Waals surface area (Å²) in [6, 6.07) is 6.90. The molecule has 1 heterocycles. The fourth-order valence-corrected chi connectivity index (χ4v) is 4.63. The average Bonchev–Trinajstić information content (AvgIpc) is 2.68. The normalized spacial score (nSPS) is 32.7. The molecule has 0 spiro atoms. The fourth-order valence-electron chi connectivity index (χ4n) is 4.63. The molecule has 1 heteroatoms. The maximum atomic E-state index is 3.62. The van der Waals surface area contributed by atoms with Gasteiger partial charge in [0.25, 0.3) is 0 Å². The molecule has 2 aliphatic rings. The summed E-state index contributed by atoms with van der Waals surface area (Å²) in [5.41, 5.74) is 4.88. The summed E-state index contributed by atoms with van der Waals surface area (Å²) < 4.78 is 0. The third-order valence-electron chi connectivity index (χ3n) is 5.11. The number of hydrogen-bond acceptors (Lipinski definition) is 1. The van der Waals surface area contributed by atoms with E-state index < -0.39 is 0 Å². The highest BCUT2D eigenvalue weighted by atomic mass is 14.9. The van der Waals surface area contributed by atoms with Gasteiger partial charge in [-0.25, -0.2) is 0 Å². The number of anilines is 1. The van der Waals surface area contributed by atoms with Gasteiger partial charge in [0, 0.05) is 18.2 Å². The highest BCUT2D eigenvalue weighted by molar-refractivity contribution is 5.59. The molecule has 3 atom stereocenters. The second-order valence-corrected chi connectivity index (χ2v) is 7.75. The van der Waals surface area contributed by atoms with Gasteiger partial charge in [-0.15, -0.1) is 0 Å². The molecule has 19 heavy (non-hydrogen) atoms. The Morgan fingerprint density at radius 1 is 1.21 bits per heavy atom. The third kappa shape index (κ3) is 2.52. The smallest absolute Gasteiger partial charge is 0.0376 e. The number of hydrogen-bond donors (Lipinski definition) is 1. The Labute approximate surface area is 117 Å². The maximum Gasteiger partial charge on any atom is 0.0376 e. The van der Waals surface area contributed by atoms with Gasteiger partial charge in [-0.1, -0.05) is 38.5 Å². The Morgan fingerprint density at radius 3 is 2.74 bits per heavy atom. The summed E-state index contributed by atoms with van der Waals surface area (Å²) in [5, 5.41) is 3.62. The molecule has 3 unspecified atom stereocenters. The van der Waals surface area contributed by atoms with Crippen molar-refractivity contribution in [2.45, 2.75) is 52.9 Å². The first-order valence-electron chi connectivity index (χ1n) is 7.79. The van der Waals surface area contributed by atoms with E-state index in [0.29, 0.717) is 5.41 Å². The molecular weight excluding hydrogens is 230 g/mol. The molecule has 3 rings (SSSR count). The minimum absolute atomic E-state index is 0.523. The van der Waals surface area contributed by atoms with E-state index in [9.17, 15) is 0 Å². The Kier molecular flexibility index (Phi) is 3.11. The van der Waals surface area contributed by atoms with Crippen LogP contribution in [-0.2, 0) is 0 Å². The van der Waals surface area contributed by atoms with Crippen LogP contribution in [0.2, 0.25) is 0 Å². The zero-order chi connectivity index (χ0) is 13.6. The second kappa shape index (κ2) is 4.54. The molecule has 0 amide bonds. The van der Waals surface area contributed by atoms with E-state index in [2.05, 4.69) is 51.2 Å². The van der Waals surface area contributed by atoms with Crippen molar-refractivity contribution in [2.24, 2.45) is 17.3 Å². The van der Waals surface area contributed by atoms with E-state index in [1.807, 2.05) is 0 Å². The van der Waals surface area contributed by atoms with Gasteiger partial charge in [0.05, 0.1) is 0 Å². The van der Waals surface area contributed by atoms with E-state index in [-0.39, 0.29) is 0 Å². The minimum Gasteiger partial charge on any atom is -0.384 e. The van der Waals surface area contributed by atoms with Crippen molar-refractivity contribution >= 4 is 5.69 Å². The lowest BCUT2D eigenvalue weighted by Gasteiger charge is -2.41. The number of benzene rings is 1. The number of aryl methyl sites for hydroxylation is 1. The molecule has 1 fully saturated rings. The van der Waals surface area contributed by atoms with Crippen molar-refractivity contribution in [3.63, 3.8) is 0 Å². The van der Waals surface area contributed by atoms with Crippen LogP contribution in [-0.4, -0.2) is 6.54 Å². The number of nitrogens with one attached hydrogen (secondary N) is 1. The lowest BCUT2D eigenvalue weighted by atomic mass is 9.64. The Balaban J connectivity index is 1.87. The van der Waals surface area contributed by atoms with Crippen LogP contribution in [0, 0.1) is 24.2 Å². The molecule has 0 saturated heterocycles.